The molecule has 0 radical (unpaired) electrons. The van der Waals surface area contributed by atoms with E-state index < -0.39 is 22.0 Å². The number of halogens is 2. The fourth-order valence-corrected chi connectivity index (χ4v) is 6.03. The van der Waals surface area contributed by atoms with E-state index in [2.05, 4.69) is 5.32 Å². The van der Waals surface area contributed by atoms with E-state index in [0.29, 0.717) is 22.0 Å². The lowest BCUT2D eigenvalue weighted by molar-refractivity contribution is -0.141. The first-order valence-corrected chi connectivity index (χ1v) is 12.9. The molecule has 1 N–H and O–H groups in total. The van der Waals surface area contributed by atoms with Crippen LogP contribution in [0.1, 0.15) is 42.1 Å². The van der Waals surface area contributed by atoms with Gasteiger partial charge in [-0.15, -0.1) is 0 Å². The standard InChI is InChI=1S/C23H25Cl2N3O5S/c1-3-19(22(30)26-2)27(14-16-17(24)9-6-10-18(16)25)21(29)12-7-13-28-23(31)15-8-4-5-11-20(15)34(28,32)33/h4-6,8-11,19H,3,7,12-14H2,1-2H3,(H,26,30)/t19-/m0/s1. The molecule has 0 aromatic heterocycles. The lowest BCUT2D eigenvalue weighted by Crippen LogP contribution is -2.48. The maximum absolute atomic E-state index is 13.2. The lowest BCUT2D eigenvalue weighted by Gasteiger charge is -2.31. The Bertz CT molecular complexity index is 1200. The summed E-state index contributed by atoms with van der Waals surface area (Å²) in [7, 11) is -2.47. The van der Waals surface area contributed by atoms with Crippen molar-refractivity contribution in [3.8, 4) is 0 Å². The van der Waals surface area contributed by atoms with E-state index in [1.165, 1.54) is 24.1 Å². The molecular formula is C23H25Cl2N3O5S. The van der Waals surface area contributed by atoms with Crippen LogP contribution in [0, 0.1) is 0 Å². The quantitative estimate of drug-likeness (QED) is 0.539. The molecule has 2 aromatic carbocycles. The number of benzene rings is 2. The second kappa shape index (κ2) is 10.8. The van der Waals surface area contributed by atoms with Gasteiger partial charge in [-0.05, 0) is 37.1 Å². The summed E-state index contributed by atoms with van der Waals surface area (Å²) in [6.07, 6.45) is 0.363. The van der Waals surface area contributed by atoms with Gasteiger partial charge in [0, 0.05) is 42.2 Å². The van der Waals surface area contributed by atoms with E-state index in [9.17, 15) is 22.8 Å². The molecule has 0 aliphatic carbocycles. The number of nitrogens with zero attached hydrogens (tertiary/aromatic N) is 2. The second-order valence-corrected chi connectivity index (χ2v) is 10.4. The average molecular weight is 526 g/mol. The van der Waals surface area contributed by atoms with Crippen molar-refractivity contribution in [3.05, 3.63) is 63.6 Å². The number of hydrogen-bond donors (Lipinski definition) is 1. The van der Waals surface area contributed by atoms with Crippen molar-refractivity contribution in [1.29, 1.82) is 0 Å². The van der Waals surface area contributed by atoms with Gasteiger partial charge in [-0.3, -0.25) is 14.4 Å². The summed E-state index contributed by atoms with van der Waals surface area (Å²) < 4.78 is 26.2. The first-order chi connectivity index (χ1) is 16.1. The van der Waals surface area contributed by atoms with Gasteiger partial charge >= 0.3 is 0 Å². The smallest absolute Gasteiger partial charge is 0.269 e. The summed E-state index contributed by atoms with van der Waals surface area (Å²) in [5.41, 5.74) is 0.628. The average Bonchev–Trinajstić information content (AvgIpc) is 3.01. The Morgan fingerprint density at radius 3 is 2.32 bits per heavy atom. The molecule has 3 amide bonds. The number of hydrogen-bond acceptors (Lipinski definition) is 5. The third-order valence-corrected chi connectivity index (χ3v) is 8.24. The highest BCUT2D eigenvalue weighted by atomic mass is 35.5. The van der Waals surface area contributed by atoms with E-state index in [1.54, 1.807) is 37.3 Å². The molecule has 11 heteroatoms. The predicted octanol–water partition coefficient (Wildman–Crippen LogP) is 3.47. The van der Waals surface area contributed by atoms with Crippen LogP contribution in [0.3, 0.4) is 0 Å². The van der Waals surface area contributed by atoms with Gasteiger partial charge in [-0.2, -0.15) is 0 Å². The van der Waals surface area contributed by atoms with Gasteiger partial charge in [0.25, 0.3) is 15.9 Å². The molecule has 0 saturated heterocycles. The van der Waals surface area contributed by atoms with Gasteiger partial charge in [0.1, 0.15) is 10.9 Å². The van der Waals surface area contributed by atoms with Gasteiger partial charge in [-0.1, -0.05) is 48.3 Å². The van der Waals surface area contributed by atoms with E-state index in [4.69, 9.17) is 23.2 Å². The molecule has 34 heavy (non-hydrogen) atoms. The minimum Gasteiger partial charge on any atom is -0.357 e. The van der Waals surface area contributed by atoms with Crippen LogP contribution in [0.2, 0.25) is 10.0 Å². The van der Waals surface area contributed by atoms with Gasteiger partial charge in [0.05, 0.1) is 5.56 Å². The summed E-state index contributed by atoms with van der Waals surface area (Å²) in [6.45, 7) is 1.63. The normalized spacial score (nSPS) is 15.1. The summed E-state index contributed by atoms with van der Waals surface area (Å²) in [4.78, 5) is 39.7. The Balaban J connectivity index is 1.77. The number of rotatable bonds is 9. The molecule has 1 heterocycles. The first-order valence-electron chi connectivity index (χ1n) is 10.7. The van der Waals surface area contributed by atoms with Crippen molar-refractivity contribution in [2.45, 2.75) is 43.7 Å². The molecule has 0 fully saturated rings. The number of nitrogens with one attached hydrogen (secondary N) is 1. The van der Waals surface area contributed by atoms with Crippen molar-refractivity contribution >= 4 is 50.9 Å². The highest BCUT2D eigenvalue weighted by Gasteiger charge is 2.40. The van der Waals surface area contributed by atoms with Crippen LogP contribution < -0.4 is 5.32 Å². The molecule has 0 saturated carbocycles. The van der Waals surface area contributed by atoms with E-state index in [-0.39, 0.29) is 48.2 Å². The second-order valence-electron chi connectivity index (χ2n) is 7.74. The predicted molar refractivity (Wildman–Crippen MR) is 129 cm³/mol. The highest BCUT2D eigenvalue weighted by molar-refractivity contribution is 7.90. The monoisotopic (exact) mass is 525 g/mol. The van der Waals surface area contributed by atoms with Crippen LogP contribution in [0.4, 0.5) is 0 Å². The number of carbonyl (C=O) groups excluding carboxylic acids is 3. The van der Waals surface area contributed by atoms with Crippen molar-refractivity contribution in [1.82, 2.24) is 14.5 Å². The van der Waals surface area contributed by atoms with Crippen LogP contribution >= 0.6 is 23.2 Å². The number of likely N-dealkylation sites (N-methyl/N-ethyl adjacent to an activating group) is 1. The molecule has 1 aliphatic heterocycles. The zero-order chi connectivity index (χ0) is 25.0. The number of sulfonamides is 1. The van der Waals surface area contributed by atoms with Gasteiger partial charge in [0.15, 0.2) is 0 Å². The topological polar surface area (TPSA) is 104 Å². The van der Waals surface area contributed by atoms with Gasteiger partial charge in [0.2, 0.25) is 11.8 Å². The van der Waals surface area contributed by atoms with Crippen molar-refractivity contribution in [2.75, 3.05) is 13.6 Å². The van der Waals surface area contributed by atoms with Crippen molar-refractivity contribution in [2.24, 2.45) is 0 Å². The van der Waals surface area contributed by atoms with E-state index >= 15 is 0 Å². The van der Waals surface area contributed by atoms with E-state index in [0.717, 1.165) is 4.31 Å². The summed E-state index contributed by atoms with van der Waals surface area (Å²) in [5, 5.41) is 3.29. The Morgan fingerprint density at radius 2 is 1.74 bits per heavy atom. The lowest BCUT2D eigenvalue weighted by atomic mass is 10.1. The van der Waals surface area contributed by atoms with Crippen LogP contribution in [0.25, 0.3) is 0 Å². The fourth-order valence-electron chi connectivity index (χ4n) is 3.91. The molecule has 0 unspecified atom stereocenters. The molecule has 8 nitrogen and oxygen atoms in total. The summed E-state index contributed by atoms with van der Waals surface area (Å²) >= 11 is 12.6. The Labute approximate surface area is 208 Å². The number of carbonyl (C=O) groups is 3. The zero-order valence-corrected chi connectivity index (χ0v) is 21.1. The molecular weight excluding hydrogens is 501 g/mol. The van der Waals surface area contributed by atoms with Crippen LogP contribution in [-0.4, -0.2) is 55.0 Å². The maximum Gasteiger partial charge on any atom is 0.269 e. The molecule has 1 aliphatic rings. The van der Waals surface area contributed by atoms with Crippen molar-refractivity contribution < 1.29 is 22.8 Å². The Hall–Kier alpha value is -2.62. The molecule has 3 rings (SSSR count). The molecule has 182 valence electrons. The van der Waals surface area contributed by atoms with Gasteiger partial charge < -0.3 is 10.2 Å². The maximum atomic E-state index is 13.2. The zero-order valence-electron chi connectivity index (χ0n) is 18.8. The van der Waals surface area contributed by atoms with Crippen LogP contribution in [0.5, 0.6) is 0 Å². The molecule has 1 atom stereocenters. The third-order valence-electron chi connectivity index (χ3n) is 5.69. The SMILES string of the molecule is CC[C@@H](C(=O)NC)N(Cc1c(Cl)cccc1Cl)C(=O)CCCN1C(=O)c2ccccc2S1(=O)=O. The summed E-state index contributed by atoms with van der Waals surface area (Å²) in [5.74, 6) is -1.33. The number of fused-ring (bicyclic) bond motifs is 1. The van der Waals surface area contributed by atoms with Crippen LogP contribution in [0.15, 0.2) is 47.4 Å². The third kappa shape index (κ3) is 5.06. The fraction of sp³-hybridized carbons (Fsp3) is 0.348. The molecule has 2 aromatic rings. The largest absolute Gasteiger partial charge is 0.357 e. The van der Waals surface area contributed by atoms with Gasteiger partial charge in [-0.25, -0.2) is 12.7 Å². The first kappa shape index (κ1) is 26.0. The Morgan fingerprint density at radius 1 is 1.09 bits per heavy atom. The van der Waals surface area contributed by atoms with Crippen LogP contribution in [-0.2, 0) is 26.2 Å². The molecule has 0 spiro atoms. The minimum atomic E-state index is -3.95. The Kier molecular flexibility index (Phi) is 8.22. The minimum absolute atomic E-state index is 0.00957. The number of amides is 3. The summed E-state index contributed by atoms with van der Waals surface area (Å²) in [6, 6.07) is 10.2. The highest BCUT2D eigenvalue weighted by Crippen LogP contribution is 2.31. The van der Waals surface area contributed by atoms with E-state index in [1.807, 2.05) is 0 Å². The molecule has 0 bridgehead atoms. The van der Waals surface area contributed by atoms with Crippen molar-refractivity contribution in [3.63, 3.8) is 0 Å².